The molecule has 8 heteroatoms. The molecule has 4 heterocycles. The van der Waals surface area contributed by atoms with Gasteiger partial charge in [0.25, 0.3) is 5.91 Å². The van der Waals surface area contributed by atoms with Crippen LogP contribution in [0.5, 0.6) is 0 Å². The molecule has 0 aliphatic carbocycles. The predicted molar refractivity (Wildman–Crippen MR) is 122 cm³/mol. The Morgan fingerprint density at radius 2 is 1.88 bits per heavy atom. The fourth-order valence-electron chi connectivity index (χ4n) is 4.94. The molecule has 0 radical (unpaired) electrons. The van der Waals surface area contributed by atoms with Gasteiger partial charge in [0.05, 0.1) is 34.5 Å². The number of likely N-dealkylation sites (N-methyl/N-ethyl adjacent to an activating group) is 1. The van der Waals surface area contributed by atoms with Gasteiger partial charge in [-0.3, -0.25) is 14.6 Å². The molecular formula is C26H24F2N4O2. The largest absolute Gasteiger partial charge is 0.346 e. The average molecular weight is 463 g/mol. The first-order chi connectivity index (χ1) is 16.3. The summed E-state index contributed by atoms with van der Waals surface area (Å²) in [5.74, 6) is -1.62. The number of likely N-dealkylation sites (tertiary alicyclic amines) is 1. The molecule has 1 saturated heterocycles. The van der Waals surface area contributed by atoms with Gasteiger partial charge in [0.2, 0.25) is 5.91 Å². The Balaban J connectivity index is 1.51. The second kappa shape index (κ2) is 8.27. The number of aromatic nitrogens is 2. The molecule has 1 fully saturated rings. The Morgan fingerprint density at radius 3 is 2.59 bits per heavy atom. The number of halogens is 2. The minimum absolute atomic E-state index is 0.0773. The summed E-state index contributed by atoms with van der Waals surface area (Å²) in [5.41, 5.74) is 2.30. The van der Waals surface area contributed by atoms with Crippen molar-refractivity contribution in [3.63, 3.8) is 0 Å². The maximum atomic E-state index is 14.4. The van der Waals surface area contributed by atoms with Crippen LogP contribution in [0.25, 0.3) is 11.3 Å². The first-order valence-electron chi connectivity index (χ1n) is 11.2. The van der Waals surface area contributed by atoms with Crippen molar-refractivity contribution in [2.75, 3.05) is 13.6 Å². The highest BCUT2D eigenvalue weighted by Gasteiger charge is 2.40. The molecule has 0 spiro atoms. The normalized spacial score (nSPS) is 19.8. The summed E-state index contributed by atoms with van der Waals surface area (Å²) < 4.78 is 28.9. The van der Waals surface area contributed by atoms with Crippen LogP contribution in [0.1, 0.15) is 52.6 Å². The molecule has 2 aliphatic rings. The summed E-state index contributed by atoms with van der Waals surface area (Å²) in [6, 6.07) is 8.96. The van der Waals surface area contributed by atoms with Crippen molar-refractivity contribution in [3.05, 3.63) is 82.3 Å². The molecule has 174 valence electrons. The van der Waals surface area contributed by atoms with Crippen LogP contribution in [0.4, 0.5) is 8.78 Å². The summed E-state index contributed by atoms with van der Waals surface area (Å²) >= 11 is 0. The number of piperidine rings is 1. The van der Waals surface area contributed by atoms with Gasteiger partial charge in [0.15, 0.2) is 0 Å². The first-order valence-corrected chi connectivity index (χ1v) is 11.2. The number of carbonyl (C=O) groups excluding carboxylic acids is 2. The third-order valence-corrected chi connectivity index (χ3v) is 6.86. The van der Waals surface area contributed by atoms with Crippen LogP contribution in [0.3, 0.4) is 0 Å². The van der Waals surface area contributed by atoms with Crippen LogP contribution >= 0.6 is 0 Å². The number of fused-ring (bicyclic) bond motifs is 1. The van der Waals surface area contributed by atoms with E-state index in [0.717, 1.165) is 24.9 Å². The van der Waals surface area contributed by atoms with E-state index in [1.165, 1.54) is 18.2 Å². The van der Waals surface area contributed by atoms with Crippen LogP contribution < -0.4 is 5.32 Å². The average Bonchev–Trinajstić information content (AvgIpc) is 3.19. The van der Waals surface area contributed by atoms with Crippen molar-refractivity contribution in [1.29, 1.82) is 0 Å². The van der Waals surface area contributed by atoms with Crippen LogP contribution in [0, 0.1) is 11.6 Å². The maximum Gasteiger partial charge on any atom is 0.253 e. The SMILES string of the molecule is CN1CCC[C@](C)(c2ccc(Cc3cc(-c4c(F)cccc4F)nc4c3C(=O)NC4)nc2)C1=O. The number of amides is 2. The highest BCUT2D eigenvalue weighted by atomic mass is 19.1. The Kier molecular flexibility index (Phi) is 5.38. The van der Waals surface area contributed by atoms with E-state index in [1.807, 2.05) is 26.1 Å². The van der Waals surface area contributed by atoms with Gasteiger partial charge in [-0.25, -0.2) is 13.8 Å². The lowest BCUT2D eigenvalue weighted by Gasteiger charge is -2.37. The van der Waals surface area contributed by atoms with E-state index in [2.05, 4.69) is 15.3 Å². The van der Waals surface area contributed by atoms with Crippen molar-refractivity contribution >= 4 is 11.8 Å². The van der Waals surface area contributed by atoms with Crippen molar-refractivity contribution in [2.24, 2.45) is 0 Å². The third kappa shape index (κ3) is 3.63. The smallest absolute Gasteiger partial charge is 0.253 e. The Hall–Kier alpha value is -3.68. The zero-order valence-electron chi connectivity index (χ0n) is 19.0. The molecule has 5 rings (SSSR count). The summed E-state index contributed by atoms with van der Waals surface area (Å²) in [5, 5.41) is 2.73. The van der Waals surface area contributed by atoms with Gasteiger partial charge < -0.3 is 10.2 Å². The summed E-state index contributed by atoms with van der Waals surface area (Å²) in [6.07, 6.45) is 3.68. The van der Waals surface area contributed by atoms with Crippen molar-refractivity contribution in [2.45, 2.75) is 38.1 Å². The molecule has 34 heavy (non-hydrogen) atoms. The summed E-state index contributed by atoms with van der Waals surface area (Å²) in [7, 11) is 1.81. The van der Waals surface area contributed by atoms with E-state index in [4.69, 9.17) is 0 Å². The van der Waals surface area contributed by atoms with Gasteiger partial charge in [-0.2, -0.15) is 0 Å². The molecule has 1 N–H and O–H groups in total. The highest BCUT2D eigenvalue weighted by molar-refractivity contribution is 5.99. The monoisotopic (exact) mass is 462 g/mol. The van der Waals surface area contributed by atoms with Crippen molar-refractivity contribution < 1.29 is 18.4 Å². The van der Waals surface area contributed by atoms with Gasteiger partial charge in [-0.1, -0.05) is 12.1 Å². The van der Waals surface area contributed by atoms with Gasteiger partial charge in [-0.15, -0.1) is 0 Å². The number of carbonyl (C=O) groups is 2. The number of benzene rings is 1. The molecule has 1 aromatic carbocycles. The lowest BCUT2D eigenvalue weighted by atomic mass is 9.76. The van der Waals surface area contributed by atoms with Gasteiger partial charge in [0.1, 0.15) is 11.6 Å². The molecule has 0 bridgehead atoms. The van der Waals surface area contributed by atoms with Gasteiger partial charge in [-0.05, 0) is 55.2 Å². The minimum atomic E-state index is -0.714. The quantitative estimate of drug-likeness (QED) is 0.641. The summed E-state index contributed by atoms with van der Waals surface area (Å²) in [6.45, 7) is 2.89. The number of pyridine rings is 2. The number of rotatable bonds is 4. The number of nitrogens with zero attached hydrogens (tertiary/aromatic N) is 3. The van der Waals surface area contributed by atoms with Crippen LogP contribution in [-0.2, 0) is 23.2 Å². The minimum Gasteiger partial charge on any atom is -0.346 e. The topological polar surface area (TPSA) is 75.2 Å². The zero-order valence-corrected chi connectivity index (χ0v) is 19.0. The van der Waals surface area contributed by atoms with E-state index in [-0.39, 0.29) is 36.0 Å². The van der Waals surface area contributed by atoms with Crippen LogP contribution in [0.2, 0.25) is 0 Å². The number of hydrogen-bond acceptors (Lipinski definition) is 4. The molecule has 6 nitrogen and oxygen atoms in total. The van der Waals surface area contributed by atoms with E-state index >= 15 is 0 Å². The predicted octanol–water partition coefficient (Wildman–Crippen LogP) is 3.77. The summed E-state index contributed by atoms with van der Waals surface area (Å²) in [4.78, 5) is 36.0. The molecule has 3 aromatic rings. The second-order valence-corrected chi connectivity index (χ2v) is 9.15. The van der Waals surface area contributed by atoms with Gasteiger partial charge in [0, 0.05) is 31.9 Å². The number of hydrogen-bond donors (Lipinski definition) is 1. The molecule has 1 atom stereocenters. The lowest BCUT2D eigenvalue weighted by molar-refractivity contribution is -0.138. The zero-order chi connectivity index (χ0) is 24.0. The second-order valence-electron chi connectivity index (χ2n) is 9.15. The fourth-order valence-corrected chi connectivity index (χ4v) is 4.94. The number of nitrogens with one attached hydrogen (secondary N) is 1. The maximum absolute atomic E-state index is 14.4. The molecule has 0 unspecified atom stereocenters. The van der Waals surface area contributed by atoms with E-state index in [0.29, 0.717) is 22.5 Å². The standard InChI is InChI=1S/C26H24F2N4O2/c1-26(9-4-10-32(2)25(26)34)16-7-8-17(29-13-16)11-15-12-20(23-18(27)5-3-6-19(23)28)31-21-14-30-24(33)22(15)21/h3,5-8,12-13H,4,9-11,14H2,1-2H3,(H,30,33)/t26-/m1/s1. The van der Waals surface area contributed by atoms with Crippen molar-refractivity contribution in [3.8, 4) is 11.3 Å². The van der Waals surface area contributed by atoms with Crippen LogP contribution in [0.15, 0.2) is 42.6 Å². The lowest BCUT2D eigenvalue weighted by Crippen LogP contribution is -2.48. The Bertz CT molecular complexity index is 1290. The van der Waals surface area contributed by atoms with Crippen LogP contribution in [-0.4, -0.2) is 40.3 Å². The highest BCUT2D eigenvalue weighted by Crippen LogP contribution is 2.35. The Morgan fingerprint density at radius 1 is 1.12 bits per heavy atom. The van der Waals surface area contributed by atoms with E-state index in [9.17, 15) is 18.4 Å². The third-order valence-electron chi connectivity index (χ3n) is 6.86. The molecule has 2 aromatic heterocycles. The van der Waals surface area contributed by atoms with E-state index < -0.39 is 17.0 Å². The molecule has 0 saturated carbocycles. The first kappa shape index (κ1) is 22.1. The molecular weight excluding hydrogens is 438 g/mol. The fraction of sp³-hybridized carbons (Fsp3) is 0.308. The molecule has 2 amide bonds. The van der Waals surface area contributed by atoms with Gasteiger partial charge >= 0.3 is 0 Å². The van der Waals surface area contributed by atoms with Crippen molar-refractivity contribution in [1.82, 2.24) is 20.2 Å². The molecule has 2 aliphatic heterocycles. The Labute approximate surface area is 196 Å². The van der Waals surface area contributed by atoms with E-state index in [1.54, 1.807) is 17.2 Å².